The van der Waals surface area contributed by atoms with Crippen molar-refractivity contribution < 1.29 is 13.9 Å². The summed E-state index contributed by atoms with van der Waals surface area (Å²) in [5.74, 6) is -1.68. The third kappa shape index (κ3) is 2.71. The van der Waals surface area contributed by atoms with E-state index in [-0.39, 0.29) is 0 Å². The van der Waals surface area contributed by atoms with E-state index in [4.69, 9.17) is 0 Å². The van der Waals surface area contributed by atoms with Gasteiger partial charge < -0.3 is 9.67 Å². The molecule has 2 aromatic rings. The molecule has 0 aliphatic carbocycles. The van der Waals surface area contributed by atoms with E-state index in [9.17, 15) is 13.9 Å². The molecule has 17 heavy (non-hydrogen) atoms. The summed E-state index contributed by atoms with van der Waals surface area (Å²) in [5.41, 5.74) is 1.48. The standard InChI is InChI=1S/C13H13F2NO/c1-9(17)11-4-5-16(8-11)7-10-2-3-12(14)13(15)6-10/h2-6,8-9,17H,7H2,1H3. The van der Waals surface area contributed by atoms with E-state index < -0.39 is 17.7 Å². The maximum absolute atomic E-state index is 13.0. The number of benzene rings is 1. The first-order chi connectivity index (χ1) is 8.06. The van der Waals surface area contributed by atoms with Crippen molar-refractivity contribution >= 4 is 0 Å². The van der Waals surface area contributed by atoms with Crippen LogP contribution in [0.5, 0.6) is 0 Å². The molecule has 1 aromatic carbocycles. The fourth-order valence-corrected chi connectivity index (χ4v) is 1.65. The minimum absolute atomic E-state index is 0.448. The Morgan fingerprint density at radius 1 is 1.24 bits per heavy atom. The summed E-state index contributed by atoms with van der Waals surface area (Å²) in [6.45, 7) is 2.13. The number of nitrogens with zero attached hydrogens (tertiary/aromatic N) is 1. The summed E-state index contributed by atoms with van der Waals surface area (Å²) >= 11 is 0. The molecule has 0 amide bonds. The first-order valence-corrected chi connectivity index (χ1v) is 5.34. The Hall–Kier alpha value is -1.68. The van der Waals surface area contributed by atoms with Crippen molar-refractivity contribution in [1.29, 1.82) is 0 Å². The fraction of sp³-hybridized carbons (Fsp3) is 0.231. The molecule has 1 heterocycles. The molecule has 0 saturated heterocycles. The SMILES string of the molecule is CC(O)c1ccn(Cc2ccc(F)c(F)c2)c1. The van der Waals surface area contributed by atoms with Crippen LogP contribution in [0.1, 0.15) is 24.2 Å². The van der Waals surface area contributed by atoms with Gasteiger partial charge in [-0.15, -0.1) is 0 Å². The van der Waals surface area contributed by atoms with Gasteiger partial charge in [-0.1, -0.05) is 6.07 Å². The highest BCUT2D eigenvalue weighted by atomic mass is 19.2. The van der Waals surface area contributed by atoms with Crippen molar-refractivity contribution in [3.8, 4) is 0 Å². The molecule has 0 bridgehead atoms. The van der Waals surface area contributed by atoms with E-state index in [0.29, 0.717) is 12.1 Å². The zero-order valence-corrected chi connectivity index (χ0v) is 9.40. The number of rotatable bonds is 3. The molecule has 0 aliphatic rings. The fourth-order valence-electron chi connectivity index (χ4n) is 1.65. The van der Waals surface area contributed by atoms with Gasteiger partial charge in [0.05, 0.1) is 6.10 Å². The molecule has 1 aromatic heterocycles. The summed E-state index contributed by atoms with van der Waals surface area (Å²) in [4.78, 5) is 0. The van der Waals surface area contributed by atoms with E-state index in [1.54, 1.807) is 31.5 Å². The maximum atomic E-state index is 13.0. The lowest BCUT2D eigenvalue weighted by atomic mass is 10.2. The second-order valence-corrected chi connectivity index (χ2v) is 4.04. The lowest BCUT2D eigenvalue weighted by Crippen LogP contribution is -1.98. The Morgan fingerprint density at radius 2 is 2.00 bits per heavy atom. The van der Waals surface area contributed by atoms with Gasteiger partial charge in [0.15, 0.2) is 11.6 Å². The van der Waals surface area contributed by atoms with Crippen LogP contribution in [0.3, 0.4) is 0 Å². The van der Waals surface area contributed by atoms with E-state index in [0.717, 1.165) is 11.6 Å². The van der Waals surface area contributed by atoms with Gasteiger partial charge in [-0.3, -0.25) is 0 Å². The van der Waals surface area contributed by atoms with Crippen LogP contribution in [0.4, 0.5) is 8.78 Å². The van der Waals surface area contributed by atoms with Crippen LogP contribution < -0.4 is 0 Å². The lowest BCUT2D eigenvalue weighted by Gasteiger charge is -2.04. The molecule has 0 saturated carbocycles. The van der Waals surface area contributed by atoms with Crippen molar-refractivity contribution in [2.75, 3.05) is 0 Å². The predicted octanol–water partition coefficient (Wildman–Crippen LogP) is 2.87. The summed E-state index contributed by atoms with van der Waals surface area (Å²) in [7, 11) is 0. The summed E-state index contributed by atoms with van der Waals surface area (Å²) in [5, 5.41) is 9.36. The Balaban J connectivity index is 2.16. The zero-order valence-electron chi connectivity index (χ0n) is 9.40. The number of aromatic nitrogens is 1. The van der Waals surface area contributed by atoms with Crippen molar-refractivity contribution in [1.82, 2.24) is 4.57 Å². The zero-order chi connectivity index (χ0) is 12.4. The average Bonchev–Trinajstić information content (AvgIpc) is 2.72. The Labute approximate surface area is 98.1 Å². The van der Waals surface area contributed by atoms with E-state index in [2.05, 4.69) is 0 Å². The third-order valence-corrected chi connectivity index (χ3v) is 2.60. The van der Waals surface area contributed by atoms with Crippen LogP contribution in [0.2, 0.25) is 0 Å². The molecule has 1 unspecified atom stereocenters. The molecule has 0 aliphatic heterocycles. The first kappa shape index (κ1) is 11.8. The van der Waals surface area contributed by atoms with E-state index in [1.165, 1.54) is 6.07 Å². The van der Waals surface area contributed by atoms with Crippen LogP contribution >= 0.6 is 0 Å². The first-order valence-electron chi connectivity index (χ1n) is 5.34. The Kier molecular flexibility index (Phi) is 3.24. The van der Waals surface area contributed by atoms with E-state index in [1.807, 2.05) is 4.57 Å². The van der Waals surface area contributed by atoms with Gasteiger partial charge in [0.25, 0.3) is 0 Å². The minimum atomic E-state index is -0.842. The molecular weight excluding hydrogens is 224 g/mol. The number of hydrogen-bond donors (Lipinski definition) is 1. The largest absolute Gasteiger partial charge is 0.389 e. The Morgan fingerprint density at radius 3 is 2.59 bits per heavy atom. The molecule has 1 atom stereocenters. The highest BCUT2D eigenvalue weighted by molar-refractivity contribution is 5.20. The van der Waals surface area contributed by atoms with Crippen LogP contribution in [-0.4, -0.2) is 9.67 Å². The molecule has 90 valence electrons. The summed E-state index contributed by atoms with van der Waals surface area (Å²) in [6.07, 6.45) is 3.05. The smallest absolute Gasteiger partial charge is 0.159 e. The van der Waals surface area contributed by atoms with Gasteiger partial charge in [-0.05, 0) is 36.2 Å². The van der Waals surface area contributed by atoms with Gasteiger partial charge in [-0.2, -0.15) is 0 Å². The van der Waals surface area contributed by atoms with E-state index >= 15 is 0 Å². The van der Waals surface area contributed by atoms with Crippen LogP contribution in [0.15, 0.2) is 36.7 Å². The van der Waals surface area contributed by atoms with Crippen LogP contribution in [-0.2, 0) is 6.54 Å². The van der Waals surface area contributed by atoms with Crippen LogP contribution in [0.25, 0.3) is 0 Å². The molecule has 2 rings (SSSR count). The second kappa shape index (κ2) is 4.67. The number of hydrogen-bond acceptors (Lipinski definition) is 1. The molecule has 4 heteroatoms. The number of aliphatic hydroxyl groups excluding tert-OH is 1. The molecule has 1 N–H and O–H groups in total. The second-order valence-electron chi connectivity index (χ2n) is 4.04. The van der Waals surface area contributed by atoms with Crippen molar-refractivity contribution in [2.24, 2.45) is 0 Å². The van der Waals surface area contributed by atoms with Crippen molar-refractivity contribution in [3.63, 3.8) is 0 Å². The molecule has 0 fully saturated rings. The van der Waals surface area contributed by atoms with Crippen molar-refractivity contribution in [3.05, 3.63) is 59.4 Å². The normalized spacial score (nSPS) is 12.7. The monoisotopic (exact) mass is 237 g/mol. The summed E-state index contributed by atoms with van der Waals surface area (Å²) in [6, 6.07) is 5.63. The highest BCUT2D eigenvalue weighted by Gasteiger charge is 2.05. The van der Waals surface area contributed by atoms with Gasteiger partial charge in [0.1, 0.15) is 0 Å². The highest BCUT2D eigenvalue weighted by Crippen LogP contribution is 2.14. The minimum Gasteiger partial charge on any atom is -0.389 e. The third-order valence-electron chi connectivity index (χ3n) is 2.60. The lowest BCUT2D eigenvalue weighted by molar-refractivity contribution is 0.199. The predicted molar refractivity (Wildman–Crippen MR) is 60.5 cm³/mol. The number of halogens is 2. The topological polar surface area (TPSA) is 25.2 Å². The van der Waals surface area contributed by atoms with Gasteiger partial charge in [0.2, 0.25) is 0 Å². The molecule has 0 radical (unpaired) electrons. The van der Waals surface area contributed by atoms with Crippen LogP contribution in [0, 0.1) is 11.6 Å². The number of aliphatic hydroxyl groups is 1. The Bertz CT molecular complexity index is 520. The van der Waals surface area contributed by atoms with Gasteiger partial charge in [0, 0.05) is 18.9 Å². The van der Waals surface area contributed by atoms with Gasteiger partial charge in [-0.25, -0.2) is 8.78 Å². The molecule has 0 spiro atoms. The maximum Gasteiger partial charge on any atom is 0.159 e. The quantitative estimate of drug-likeness (QED) is 0.872. The molecular formula is C13H13F2NO. The molecule has 2 nitrogen and oxygen atoms in total. The van der Waals surface area contributed by atoms with Crippen molar-refractivity contribution in [2.45, 2.75) is 19.6 Å². The van der Waals surface area contributed by atoms with Gasteiger partial charge >= 0.3 is 0 Å². The summed E-state index contributed by atoms with van der Waals surface area (Å²) < 4.78 is 27.5. The average molecular weight is 237 g/mol.